The number of benzene rings is 1. The molecule has 1 aliphatic carbocycles. The van der Waals surface area contributed by atoms with Crippen LogP contribution in [0.4, 0.5) is 4.39 Å². The number of hydrogen-bond acceptors (Lipinski definition) is 6. The molecule has 2 aromatic heterocycles. The van der Waals surface area contributed by atoms with E-state index in [1.54, 1.807) is 16.2 Å². The number of amides is 1. The first-order valence-electron chi connectivity index (χ1n) is 10.9. The summed E-state index contributed by atoms with van der Waals surface area (Å²) in [6.07, 6.45) is 3.49. The van der Waals surface area contributed by atoms with Crippen molar-refractivity contribution in [3.8, 4) is 0 Å². The number of aromatic amines is 1. The Morgan fingerprint density at radius 3 is 2.58 bits per heavy atom. The lowest BCUT2D eigenvalue weighted by atomic mass is 10.2. The number of sulfonamides is 1. The van der Waals surface area contributed by atoms with Gasteiger partial charge in [0.1, 0.15) is 16.5 Å². The molecular formula is C22H23FN4O4S2. The lowest BCUT2D eigenvalue weighted by Gasteiger charge is -2.34. The number of thiophene rings is 1. The van der Waals surface area contributed by atoms with Crippen LogP contribution in [0.1, 0.15) is 29.1 Å². The van der Waals surface area contributed by atoms with Crippen molar-refractivity contribution in [2.45, 2.75) is 37.0 Å². The Morgan fingerprint density at radius 2 is 1.85 bits per heavy atom. The van der Waals surface area contributed by atoms with Gasteiger partial charge in [0.05, 0.1) is 10.3 Å². The molecule has 5 rings (SSSR count). The van der Waals surface area contributed by atoms with Crippen LogP contribution in [0.2, 0.25) is 0 Å². The van der Waals surface area contributed by atoms with E-state index in [2.05, 4.69) is 9.97 Å². The molecule has 0 spiro atoms. The minimum Gasteiger partial charge on any atom is -0.340 e. The van der Waals surface area contributed by atoms with Crippen LogP contribution in [-0.2, 0) is 34.1 Å². The molecule has 1 N–H and O–H groups in total. The van der Waals surface area contributed by atoms with Gasteiger partial charge in [-0.25, -0.2) is 17.8 Å². The molecule has 8 nitrogen and oxygen atoms in total. The Bertz CT molecular complexity index is 1370. The summed E-state index contributed by atoms with van der Waals surface area (Å²) in [6, 6.07) is 4.72. The van der Waals surface area contributed by atoms with Gasteiger partial charge in [0.15, 0.2) is 0 Å². The number of hydrogen-bond donors (Lipinski definition) is 1. The summed E-state index contributed by atoms with van der Waals surface area (Å²) in [6.45, 7) is 0.903. The number of nitrogens with one attached hydrogen (secondary N) is 1. The smallest absolute Gasteiger partial charge is 0.259 e. The number of carbonyl (C=O) groups excluding carboxylic acids is 1. The van der Waals surface area contributed by atoms with Crippen molar-refractivity contribution in [3.63, 3.8) is 0 Å². The topological polar surface area (TPSA) is 103 Å². The number of rotatable bonds is 5. The fourth-order valence-electron chi connectivity index (χ4n) is 4.48. The molecule has 3 heterocycles. The van der Waals surface area contributed by atoms with Crippen LogP contribution in [0.25, 0.3) is 10.2 Å². The molecule has 0 radical (unpaired) electrons. The van der Waals surface area contributed by atoms with Gasteiger partial charge in [0.25, 0.3) is 5.56 Å². The molecule has 1 saturated heterocycles. The molecule has 0 bridgehead atoms. The maximum Gasteiger partial charge on any atom is 0.259 e. The highest BCUT2D eigenvalue weighted by Crippen LogP contribution is 2.34. The molecule has 0 unspecified atom stereocenters. The quantitative estimate of drug-likeness (QED) is 0.590. The second-order valence-electron chi connectivity index (χ2n) is 8.29. The highest BCUT2D eigenvalue weighted by Gasteiger charge is 2.30. The van der Waals surface area contributed by atoms with E-state index in [4.69, 9.17) is 0 Å². The van der Waals surface area contributed by atoms with Crippen LogP contribution in [-0.4, -0.2) is 59.7 Å². The van der Waals surface area contributed by atoms with Crippen molar-refractivity contribution < 1.29 is 17.6 Å². The third kappa shape index (κ3) is 4.20. The Morgan fingerprint density at radius 1 is 1.12 bits per heavy atom. The number of halogens is 1. The standard InChI is InChI=1S/C22H23FN4O4S2/c23-14-4-6-15(7-5-14)33(30,31)27-12-10-26(11-13-27)19(28)9-8-18-24-21(29)20-16-2-1-3-17(16)32-22(20)25-18/h4-7H,1-3,8-13H2,(H,24,25,29). The van der Waals surface area contributed by atoms with Gasteiger partial charge in [-0.3, -0.25) is 9.59 Å². The Kier molecular flexibility index (Phi) is 5.79. The summed E-state index contributed by atoms with van der Waals surface area (Å²) >= 11 is 1.57. The summed E-state index contributed by atoms with van der Waals surface area (Å²) in [5, 5.41) is 0.695. The third-order valence-electron chi connectivity index (χ3n) is 6.24. The molecule has 1 fully saturated rings. The normalized spacial score (nSPS) is 16.9. The minimum atomic E-state index is -3.73. The lowest BCUT2D eigenvalue weighted by Crippen LogP contribution is -2.50. The SMILES string of the molecule is O=C(CCc1nc2sc3c(c2c(=O)[nH]1)CCC3)N1CCN(S(=O)(=O)c2ccc(F)cc2)CC1. The number of fused-ring (bicyclic) bond motifs is 3. The summed E-state index contributed by atoms with van der Waals surface area (Å²) in [5.41, 5.74) is 0.987. The van der Waals surface area contributed by atoms with Gasteiger partial charge in [-0.1, -0.05) is 0 Å². The number of nitrogens with zero attached hydrogens (tertiary/aromatic N) is 3. The van der Waals surface area contributed by atoms with E-state index in [1.807, 2.05) is 0 Å². The number of aryl methyl sites for hydroxylation is 3. The predicted molar refractivity (Wildman–Crippen MR) is 122 cm³/mol. The van der Waals surface area contributed by atoms with Gasteiger partial charge in [0.2, 0.25) is 15.9 Å². The van der Waals surface area contributed by atoms with Gasteiger partial charge in [-0.15, -0.1) is 11.3 Å². The molecule has 174 valence electrons. The molecule has 0 saturated carbocycles. The van der Waals surface area contributed by atoms with E-state index in [1.165, 1.54) is 21.3 Å². The molecule has 33 heavy (non-hydrogen) atoms. The number of carbonyl (C=O) groups is 1. The van der Waals surface area contributed by atoms with E-state index in [0.29, 0.717) is 17.6 Å². The number of aromatic nitrogens is 2. The highest BCUT2D eigenvalue weighted by molar-refractivity contribution is 7.89. The van der Waals surface area contributed by atoms with Gasteiger partial charge >= 0.3 is 0 Å². The van der Waals surface area contributed by atoms with E-state index in [0.717, 1.165) is 41.8 Å². The summed E-state index contributed by atoms with van der Waals surface area (Å²) in [4.78, 5) is 36.3. The second kappa shape index (κ2) is 8.62. The predicted octanol–water partition coefficient (Wildman–Crippen LogP) is 2.08. The zero-order valence-electron chi connectivity index (χ0n) is 17.8. The number of H-pyrrole nitrogens is 1. The van der Waals surface area contributed by atoms with Crippen LogP contribution >= 0.6 is 11.3 Å². The molecule has 3 aromatic rings. The van der Waals surface area contributed by atoms with Crippen molar-refractivity contribution in [1.29, 1.82) is 0 Å². The Labute approximate surface area is 194 Å². The molecule has 1 aromatic carbocycles. The largest absolute Gasteiger partial charge is 0.340 e. The summed E-state index contributed by atoms with van der Waals surface area (Å²) < 4.78 is 39.9. The monoisotopic (exact) mass is 490 g/mol. The van der Waals surface area contributed by atoms with Crippen molar-refractivity contribution in [2.24, 2.45) is 0 Å². The molecule has 0 atom stereocenters. The van der Waals surface area contributed by atoms with Crippen molar-refractivity contribution in [2.75, 3.05) is 26.2 Å². The Balaban J connectivity index is 1.20. The van der Waals surface area contributed by atoms with Gasteiger partial charge in [0, 0.05) is 43.9 Å². The zero-order valence-corrected chi connectivity index (χ0v) is 19.5. The van der Waals surface area contributed by atoms with Gasteiger partial charge in [-0.05, 0) is 49.1 Å². The van der Waals surface area contributed by atoms with E-state index in [9.17, 15) is 22.4 Å². The van der Waals surface area contributed by atoms with Gasteiger partial charge in [-0.2, -0.15) is 4.31 Å². The van der Waals surface area contributed by atoms with Crippen molar-refractivity contribution in [1.82, 2.24) is 19.2 Å². The van der Waals surface area contributed by atoms with Crippen LogP contribution in [0.15, 0.2) is 34.0 Å². The van der Waals surface area contributed by atoms with Crippen LogP contribution < -0.4 is 5.56 Å². The van der Waals surface area contributed by atoms with Crippen LogP contribution in [0.3, 0.4) is 0 Å². The molecular weight excluding hydrogens is 467 g/mol. The maximum absolute atomic E-state index is 13.1. The summed E-state index contributed by atoms with van der Waals surface area (Å²) in [7, 11) is -3.73. The highest BCUT2D eigenvalue weighted by atomic mass is 32.2. The van der Waals surface area contributed by atoms with Crippen molar-refractivity contribution in [3.05, 3.63) is 56.7 Å². The van der Waals surface area contributed by atoms with Crippen LogP contribution in [0.5, 0.6) is 0 Å². The number of piperazine rings is 1. The second-order valence-corrected chi connectivity index (χ2v) is 11.3. The Hall–Kier alpha value is -2.63. The first kappa shape index (κ1) is 22.2. The molecule has 1 aliphatic heterocycles. The molecule has 1 amide bonds. The van der Waals surface area contributed by atoms with Crippen molar-refractivity contribution >= 4 is 37.5 Å². The fraction of sp³-hybridized carbons (Fsp3) is 0.409. The summed E-state index contributed by atoms with van der Waals surface area (Å²) in [5.74, 6) is -0.105. The van der Waals surface area contributed by atoms with Crippen LogP contribution in [0, 0.1) is 5.82 Å². The van der Waals surface area contributed by atoms with E-state index < -0.39 is 15.8 Å². The minimum absolute atomic E-state index is 0.0358. The molecule has 2 aliphatic rings. The molecule has 11 heteroatoms. The zero-order chi connectivity index (χ0) is 23.2. The fourth-order valence-corrected chi connectivity index (χ4v) is 7.19. The van der Waals surface area contributed by atoms with Gasteiger partial charge < -0.3 is 9.88 Å². The average molecular weight is 491 g/mol. The third-order valence-corrected chi connectivity index (χ3v) is 9.34. The average Bonchev–Trinajstić information content (AvgIpc) is 3.39. The first-order valence-corrected chi connectivity index (χ1v) is 13.2. The van der Waals surface area contributed by atoms with E-state index in [-0.39, 0.29) is 49.0 Å². The van der Waals surface area contributed by atoms with E-state index >= 15 is 0 Å². The maximum atomic E-state index is 13.1. The lowest BCUT2D eigenvalue weighted by molar-refractivity contribution is -0.132. The first-order chi connectivity index (χ1) is 15.8.